The lowest BCUT2D eigenvalue weighted by molar-refractivity contribution is -0.131. The van der Waals surface area contributed by atoms with Gasteiger partial charge in [-0.1, -0.05) is 6.58 Å². The number of carbonyl (C=O) groups excluding carboxylic acids is 1. The summed E-state index contributed by atoms with van der Waals surface area (Å²) in [4.78, 5) is 26.6. The molecular weight excluding hydrogens is 406 g/mol. The van der Waals surface area contributed by atoms with Gasteiger partial charge in [0.25, 0.3) is 0 Å². The van der Waals surface area contributed by atoms with E-state index in [9.17, 15) is 18.0 Å². The number of benzene rings is 1. The molecule has 1 fully saturated rings. The predicted octanol–water partition coefficient (Wildman–Crippen LogP) is 2.63. The van der Waals surface area contributed by atoms with Crippen LogP contribution in [0.5, 0.6) is 5.75 Å². The van der Waals surface area contributed by atoms with Gasteiger partial charge in [-0.15, -0.1) is 0 Å². The van der Waals surface area contributed by atoms with Gasteiger partial charge in [0.1, 0.15) is 17.9 Å². The Labute approximate surface area is 176 Å². The average Bonchev–Trinajstić information content (AvgIpc) is 3.04. The van der Waals surface area contributed by atoms with Crippen molar-refractivity contribution in [1.29, 1.82) is 0 Å². The SMILES string of the molecule is C=C(C)COc1ccc2c(C)c(CCC(=O)N(C)[C@H]3CCS(=O)(=O)C3)c(=O)oc2c1. The van der Waals surface area contributed by atoms with Crippen LogP contribution in [0.3, 0.4) is 0 Å². The monoisotopic (exact) mass is 433 g/mol. The van der Waals surface area contributed by atoms with E-state index in [1.54, 1.807) is 13.1 Å². The van der Waals surface area contributed by atoms with Gasteiger partial charge >= 0.3 is 5.63 Å². The van der Waals surface area contributed by atoms with Crippen LogP contribution in [-0.4, -0.2) is 50.4 Å². The second-order valence-corrected chi connectivity index (χ2v) is 10.2. The molecule has 0 N–H and O–H groups in total. The van der Waals surface area contributed by atoms with Gasteiger partial charge in [-0.3, -0.25) is 4.79 Å². The Bertz CT molecular complexity index is 1150. The number of sulfone groups is 1. The van der Waals surface area contributed by atoms with E-state index in [0.29, 0.717) is 29.9 Å². The molecule has 2 heterocycles. The molecule has 1 saturated heterocycles. The van der Waals surface area contributed by atoms with Crippen LogP contribution in [0, 0.1) is 6.92 Å². The van der Waals surface area contributed by atoms with Gasteiger partial charge in [0, 0.05) is 36.5 Å². The number of aryl methyl sites for hydroxylation is 1. The number of hydrogen-bond donors (Lipinski definition) is 0. The van der Waals surface area contributed by atoms with E-state index in [1.165, 1.54) is 4.90 Å². The van der Waals surface area contributed by atoms with Crippen molar-refractivity contribution in [3.63, 3.8) is 0 Å². The third-order valence-corrected chi connectivity index (χ3v) is 7.23. The van der Waals surface area contributed by atoms with Crippen molar-refractivity contribution in [1.82, 2.24) is 4.90 Å². The normalized spacial score (nSPS) is 17.8. The van der Waals surface area contributed by atoms with Crippen molar-refractivity contribution < 1.29 is 22.4 Å². The van der Waals surface area contributed by atoms with Gasteiger partial charge in [0.15, 0.2) is 9.84 Å². The zero-order valence-electron chi connectivity index (χ0n) is 17.6. The highest BCUT2D eigenvalue weighted by Gasteiger charge is 2.32. The second kappa shape index (κ2) is 8.63. The van der Waals surface area contributed by atoms with E-state index in [2.05, 4.69) is 6.58 Å². The molecule has 0 saturated carbocycles. The lowest BCUT2D eigenvalue weighted by Gasteiger charge is -2.23. The van der Waals surface area contributed by atoms with E-state index in [-0.39, 0.29) is 36.3 Å². The summed E-state index contributed by atoms with van der Waals surface area (Å²) in [6.45, 7) is 7.87. The van der Waals surface area contributed by atoms with E-state index in [4.69, 9.17) is 9.15 Å². The largest absolute Gasteiger partial charge is 0.489 e. The Morgan fingerprint density at radius 3 is 2.73 bits per heavy atom. The quantitative estimate of drug-likeness (QED) is 0.492. The number of ether oxygens (including phenoxy) is 1. The van der Waals surface area contributed by atoms with Crippen molar-refractivity contribution in [2.45, 2.75) is 39.2 Å². The number of rotatable bonds is 7. The summed E-state index contributed by atoms with van der Waals surface area (Å²) in [5.41, 5.74) is 2.06. The molecule has 1 aromatic heterocycles. The summed E-state index contributed by atoms with van der Waals surface area (Å²) in [5, 5.41) is 0.787. The highest BCUT2D eigenvalue weighted by molar-refractivity contribution is 7.91. The lowest BCUT2D eigenvalue weighted by atomic mass is 10.0. The van der Waals surface area contributed by atoms with Crippen LogP contribution < -0.4 is 10.4 Å². The molecule has 1 aliphatic heterocycles. The van der Waals surface area contributed by atoms with Crippen LogP contribution in [-0.2, 0) is 21.1 Å². The van der Waals surface area contributed by atoms with Gasteiger partial charge in [0.05, 0.1) is 11.5 Å². The van der Waals surface area contributed by atoms with Crippen LogP contribution in [0.25, 0.3) is 11.0 Å². The first kappa shape index (κ1) is 22.1. The standard InChI is InChI=1S/C22H27NO6S/c1-14(2)12-28-17-5-6-18-15(3)19(22(25)29-20(18)11-17)7-8-21(24)23(4)16-9-10-30(26,27)13-16/h5-6,11,16H,1,7-10,12-13H2,2-4H3/t16-/m0/s1. The number of nitrogens with zero attached hydrogens (tertiary/aromatic N) is 1. The van der Waals surface area contributed by atoms with Gasteiger partial charge in [-0.05, 0) is 50.0 Å². The first-order chi connectivity index (χ1) is 14.1. The number of amides is 1. The highest BCUT2D eigenvalue weighted by Crippen LogP contribution is 2.25. The highest BCUT2D eigenvalue weighted by atomic mass is 32.2. The van der Waals surface area contributed by atoms with Crippen molar-refractivity contribution in [2.24, 2.45) is 0 Å². The smallest absolute Gasteiger partial charge is 0.339 e. The third kappa shape index (κ3) is 4.92. The molecule has 3 rings (SSSR count). The average molecular weight is 434 g/mol. The summed E-state index contributed by atoms with van der Waals surface area (Å²) < 4.78 is 34.4. The van der Waals surface area contributed by atoms with Crippen molar-refractivity contribution in [3.05, 3.63) is 51.9 Å². The van der Waals surface area contributed by atoms with Crippen LogP contribution in [0.1, 0.15) is 30.9 Å². The van der Waals surface area contributed by atoms with E-state index < -0.39 is 15.5 Å². The third-order valence-electron chi connectivity index (χ3n) is 5.48. The number of fused-ring (bicyclic) bond motifs is 1. The van der Waals surface area contributed by atoms with Gasteiger partial charge in [-0.2, -0.15) is 0 Å². The van der Waals surface area contributed by atoms with Gasteiger partial charge in [-0.25, -0.2) is 13.2 Å². The molecule has 1 amide bonds. The maximum atomic E-state index is 12.5. The maximum Gasteiger partial charge on any atom is 0.339 e. The Kier molecular flexibility index (Phi) is 6.36. The Morgan fingerprint density at radius 1 is 1.37 bits per heavy atom. The fourth-order valence-electron chi connectivity index (χ4n) is 3.65. The topological polar surface area (TPSA) is 93.9 Å². The van der Waals surface area contributed by atoms with Crippen LogP contribution in [0.4, 0.5) is 0 Å². The molecule has 0 radical (unpaired) electrons. The first-order valence-electron chi connectivity index (χ1n) is 9.87. The summed E-state index contributed by atoms with van der Waals surface area (Å²) in [5.74, 6) is 0.520. The van der Waals surface area contributed by atoms with Crippen LogP contribution in [0.2, 0.25) is 0 Å². The van der Waals surface area contributed by atoms with E-state index in [1.807, 2.05) is 26.0 Å². The lowest BCUT2D eigenvalue weighted by Crippen LogP contribution is -2.38. The minimum Gasteiger partial charge on any atom is -0.489 e. The molecule has 30 heavy (non-hydrogen) atoms. The fourth-order valence-corrected chi connectivity index (χ4v) is 5.43. The summed E-state index contributed by atoms with van der Waals surface area (Å²) in [7, 11) is -1.44. The number of carbonyl (C=O) groups is 1. The Hall–Kier alpha value is -2.61. The Morgan fingerprint density at radius 2 is 2.10 bits per heavy atom. The zero-order valence-corrected chi connectivity index (χ0v) is 18.4. The molecule has 0 spiro atoms. The molecular formula is C22H27NO6S. The van der Waals surface area contributed by atoms with Gasteiger partial charge < -0.3 is 14.1 Å². The van der Waals surface area contributed by atoms with Crippen LogP contribution in [0.15, 0.2) is 39.6 Å². The van der Waals surface area contributed by atoms with E-state index in [0.717, 1.165) is 16.5 Å². The first-order valence-corrected chi connectivity index (χ1v) is 11.7. The number of hydrogen-bond acceptors (Lipinski definition) is 6. The maximum absolute atomic E-state index is 12.5. The fraction of sp³-hybridized carbons (Fsp3) is 0.455. The van der Waals surface area contributed by atoms with Gasteiger partial charge in [0.2, 0.25) is 5.91 Å². The Balaban J connectivity index is 1.74. The molecule has 8 heteroatoms. The molecule has 0 aliphatic carbocycles. The molecule has 1 aliphatic rings. The predicted molar refractivity (Wildman–Crippen MR) is 116 cm³/mol. The molecule has 162 valence electrons. The minimum absolute atomic E-state index is 0.00215. The molecule has 0 unspecified atom stereocenters. The second-order valence-electron chi connectivity index (χ2n) is 7.96. The molecule has 1 aromatic carbocycles. The molecule has 0 bridgehead atoms. The van der Waals surface area contributed by atoms with Crippen LogP contribution >= 0.6 is 0 Å². The zero-order chi connectivity index (χ0) is 22.1. The molecule has 1 atom stereocenters. The van der Waals surface area contributed by atoms with Crippen molar-refractivity contribution in [3.8, 4) is 5.75 Å². The summed E-state index contributed by atoms with van der Waals surface area (Å²) in [6, 6.07) is 5.02. The van der Waals surface area contributed by atoms with Crippen molar-refractivity contribution >= 4 is 26.7 Å². The minimum atomic E-state index is -3.07. The summed E-state index contributed by atoms with van der Waals surface area (Å²) in [6.07, 6.45) is 0.808. The van der Waals surface area contributed by atoms with E-state index >= 15 is 0 Å². The summed E-state index contributed by atoms with van der Waals surface area (Å²) >= 11 is 0. The van der Waals surface area contributed by atoms with Crippen molar-refractivity contribution in [2.75, 3.05) is 25.2 Å². The molecule has 7 nitrogen and oxygen atoms in total. The molecule has 2 aromatic rings.